The summed E-state index contributed by atoms with van der Waals surface area (Å²) in [4.78, 5) is 11.4. The number of nitrogens with zero attached hydrogens (tertiary/aromatic N) is 2. The van der Waals surface area contributed by atoms with Gasteiger partial charge in [0.2, 0.25) is 5.91 Å². The third-order valence-electron chi connectivity index (χ3n) is 3.94. The predicted molar refractivity (Wildman–Crippen MR) is 74.1 cm³/mol. The molecule has 19 heavy (non-hydrogen) atoms. The smallest absolute Gasteiger partial charge is 0.220 e. The third kappa shape index (κ3) is 3.17. The zero-order valence-corrected chi connectivity index (χ0v) is 11.7. The molecule has 0 atom stereocenters. The lowest BCUT2D eigenvalue weighted by Gasteiger charge is -2.07. The normalized spacial score (nSPS) is 18.6. The second-order valence-corrected chi connectivity index (χ2v) is 5.87. The molecule has 2 aliphatic carbocycles. The summed E-state index contributed by atoms with van der Waals surface area (Å²) in [5, 5.41) is 7.71. The van der Waals surface area contributed by atoms with Crippen LogP contribution in [-0.2, 0) is 11.3 Å². The van der Waals surface area contributed by atoms with E-state index in [1.54, 1.807) is 0 Å². The first-order valence-electron chi connectivity index (χ1n) is 7.62. The zero-order chi connectivity index (χ0) is 13.2. The summed E-state index contributed by atoms with van der Waals surface area (Å²) in [5.41, 5.74) is 2.67. The monoisotopic (exact) mass is 261 g/mol. The molecular formula is C15H23N3O. The Bertz CT molecular complexity index is 458. The van der Waals surface area contributed by atoms with E-state index < -0.39 is 0 Å². The second kappa shape index (κ2) is 5.35. The summed E-state index contributed by atoms with van der Waals surface area (Å²) < 4.78 is 2.14. The predicted octanol–water partition coefficient (Wildman–Crippen LogP) is 2.55. The Hall–Kier alpha value is -1.32. The fourth-order valence-electron chi connectivity index (χ4n) is 2.53. The molecule has 1 N–H and O–H groups in total. The summed E-state index contributed by atoms with van der Waals surface area (Å²) in [6.45, 7) is 3.54. The van der Waals surface area contributed by atoms with Gasteiger partial charge in [-0.05, 0) is 38.2 Å². The fourth-order valence-corrected chi connectivity index (χ4v) is 2.53. The highest BCUT2D eigenvalue weighted by atomic mass is 16.1. The van der Waals surface area contributed by atoms with Crippen molar-refractivity contribution in [3.63, 3.8) is 0 Å². The van der Waals surface area contributed by atoms with Gasteiger partial charge in [-0.1, -0.05) is 6.92 Å². The first-order valence-corrected chi connectivity index (χ1v) is 7.62. The zero-order valence-electron chi connectivity index (χ0n) is 11.7. The highest BCUT2D eigenvalue weighted by Gasteiger charge is 2.32. The van der Waals surface area contributed by atoms with Crippen LogP contribution in [0.25, 0.3) is 0 Å². The van der Waals surface area contributed by atoms with Gasteiger partial charge in [0, 0.05) is 30.5 Å². The SMILES string of the molecule is CCCC(=O)NCCn1nc(C2CC2)cc1C1CC1. The molecule has 4 heteroatoms. The average Bonchev–Trinajstić information content (AvgIpc) is 3.29. The fraction of sp³-hybridized carbons (Fsp3) is 0.733. The Morgan fingerprint density at radius 2 is 2.11 bits per heavy atom. The number of hydrogen-bond acceptors (Lipinski definition) is 2. The van der Waals surface area contributed by atoms with Gasteiger partial charge in [-0.15, -0.1) is 0 Å². The second-order valence-electron chi connectivity index (χ2n) is 5.87. The highest BCUT2D eigenvalue weighted by molar-refractivity contribution is 5.75. The van der Waals surface area contributed by atoms with E-state index in [0.717, 1.165) is 18.9 Å². The van der Waals surface area contributed by atoms with Crippen LogP contribution in [0.5, 0.6) is 0 Å². The first-order chi connectivity index (χ1) is 9.28. The quantitative estimate of drug-likeness (QED) is 0.820. The molecule has 0 spiro atoms. The minimum atomic E-state index is 0.157. The number of carbonyl (C=O) groups is 1. The molecule has 0 aromatic carbocycles. The number of nitrogens with one attached hydrogen (secondary N) is 1. The maximum Gasteiger partial charge on any atom is 0.220 e. The highest BCUT2D eigenvalue weighted by Crippen LogP contribution is 2.44. The van der Waals surface area contributed by atoms with Crippen LogP contribution in [0.15, 0.2) is 6.07 Å². The van der Waals surface area contributed by atoms with Crippen molar-refractivity contribution in [3.05, 3.63) is 17.5 Å². The molecule has 0 radical (unpaired) electrons. The van der Waals surface area contributed by atoms with Gasteiger partial charge in [0.15, 0.2) is 0 Å². The van der Waals surface area contributed by atoms with Crippen LogP contribution in [0.4, 0.5) is 0 Å². The van der Waals surface area contributed by atoms with Crippen molar-refractivity contribution in [2.75, 3.05) is 6.54 Å². The molecule has 0 saturated heterocycles. The van der Waals surface area contributed by atoms with E-state index in [0.29, 0.717) is 18.9 Å². The van der Waals surface area contributed by atoms with Gasteiger partial charge in [0.1, 0.15) is 0 Å². The molecule has 1 aromatic heterocycles. The molecule has 2 fully saturated rings. The standard InChI is InChI=1S/C15H23N3O/c1-2-3-15(19)16-8-9-18-14(12-6-7-12)10-13(17-18)11-4-5-11/h10-12H,2-9H2,1H3,(H,16,19). The van der Waals surface area contributed by atoms with Crippen LogP contribution >= 0.6 is 0 Å². The van der Waals surface area contributed by atoms with Crippen molar-refractivity contribution >= 4 is 5.91 Å². The maximum atomic E-state index is 11.4. The van der Waals surface area contributed by atoms with E-state index in [4.69, 9.17) is 5.10 Å². The molecule has 0 aliphatic heterocycles. The van der Waals surface area contributed by atoms with Crippen LogP contribution in [0, 0.1) is 0 Å². The van der Waals surface area contributed by atoms with Gasteiger partial charge in [-0.25, -0.2) is 0 Å². The molecule has 2 aliphatic rings. The molecule has 4 nitrogen and oxygen atoms in total. The van der Waals surface area contributed by atoms with Gasteiger partial charge >= 0.3 is 0 Å². The van der Waals surface area contributed by atoms with Crippen LogP contribution in [0.2, 0.25) is 0 Å². The van der Waals surface area contributed by atoms with Crippen LogP contribution < -0.4 is 5.32 Å². The van der Waals surface area contributed by atoms with Crippen molar-refractivity contribution in [2.45, 2.75) is 63.8 Å². The lowest BCUT2D eigenvalue weighted by atomic mass is 10.2. The molecule has 1 amide bonds. The Labute approximate surface area is 114 Å². The van der Waals surface area contributed by atoms with Crippen molar-refractivity contribution < 1.29 is 4.79 Å². The van der Waals surface area contributed by atoms with E-state index in [9.17, 15) is 4.79 Å². The number of aromatic nitrogens is 2. The molecular weight excluding hydrogens is 238 g/mol. The van der Waals surface area contributed by atoms with Gasteiger partial charge in [-0.2, -0.15) is 5.10 Å². The van der Waals surface area contributed by atoms with Crippen molar-refractivity contribution in [1.29, 1.82) is 0 Å². The Morgan fingerprint density at radius 1 is 1.37 bits per heavy atom. The van der Waals surface area contributed by atoms with Gasteiger partial charge in [-0.3, -0.25) is 9.48 Å². The number of amides is 1. The topological polar surface area (TPSA) is 46.9 Å². The third-order valence-corrected chi connectivity index (χ3v) is 3.94. The van der Waals surface area contributed by atoms with E-state index in [1.807, 2.05) is 6.92 Å². The lowest BCUT2D eigenvalue weighted by Crippen LogP contribution is -2.27. The van der Waals surface area contributed by atoms with E-state index in [2.05, 4.69) is 16.1 Å². The molecule has 104 valence electrons. The van der Waals surface area contributed by atoms with Crippen molar-refractivity contribution in [3.8, 4) is 0 Å². The summed E-state index contributed by atoms with van der Waals surface area (Å²) >= 11 is 0. The number of hydrogen-bond donors (Lipinski definition) is 1. The minimum absolute atomic E-state index is 0.157. The molecule has 0 bridgehead atoms. The summed E-state index contributed by atoms with van der Waals surface area (Å²) in [6, 6.07) is 2.31. The maximum absolute atomic E-state index is 11.4. The molecule has 1 heterocycles. The van der Waals surface area contributed by atoms with E-state index in [1.165, 1.54) is 37.1 Å². The molecule has 1 aromatic rings. The van der Waals surface area contributed by atoms with E-state index in [-0.39, 0.29) is 5.91 Å². The summed E-state index contributed by atoms with van der Waals surface area (Å²) in [5.74, 6) is 1.60. The molecule has 3 rings (SSSR count). The Morgan fingerprint density at radius 3 is 2.74 bits per heavy atom. The Balaban J connectivity index is 1.58. The number of rotatable bonds is 7. The van der Waals surface area contributed by atoms with Gasteiger partial charge in [0.05, 0.1) is 12.2 Å². The first kappa shape index (κ1) is 12.7. The molecule has 0 unspecified atom stereocenters. The van der Waals surface area contributed by atoms with Crippen molar-refractivity contribution in [1.82, 2.24) is 15.1 Å². The van der Waals surface area contributed by atoms with Crippen LogP contribution in [0.3, 0.4) is 0 Å². The Kier molecular flexibility index (Phi) is 3.58. The largest absolute Gasteiger partial charge is 0.354 e. The average molecular weight is 261 g/mol. The van der Waals surface area contributed by atoms with Crippen LogP contribution in [-0.4, -0.2) is 22.2 Å². The number of carbonyl (C=O) groups excluding carboxylic acids is 1. The van der Waals surface area contributed by atoms with Gasteiger partial charge < -0.3 is 5.32 Å². The lowest BCUT2D eigenvalue weighted by molar-refractivity contribution is -0.121. The summed E-state index contributed by atoms with van der Waals surface area (Å²) in [6.07, 6.45) is 6.74. The summed E-state index contributed by atoms with van der Waals surface area (Å²) in [7, 11) is 0. The minimum Gasteiger partial charge on any atom is -0.354 e. The van der Waals surface area contributed by atoms with Crippen molar-refractivity contribution in [2.24, 2.45) is 0 Å². The van der Waals surface area contributed by atoms with E-state index >= 15 is 0 Å². The molecule has 2 saturated carbocycles. The van der Waals surface area contributed by atoms with Crippen LogP contribution in [0.1, 0.15) is 68.7 Å². The van der Waals surface area contributed by atoms with Gasteiger partial charge in [0.25, 0.3) is 0 Å².